The molecule has 5 heteroatoms. The molecule has 0 unspecified atom stereocenters. The van der Waals surface area contributed by atoms with E-state index in [9.17, 15) is 9.59 Å². The fraction of sp³-hybridized carbons (Fsp3) is 0.692. The lowest BCUT2D eigenvalue weighted by Crippen LogP contribution is -2.08. The Labute approximate surface area is 194 Å². The number of hydrogen-bond acceptors (Lipinski definition) is 4. The number of benzene rings is 1. The van der Waals surface area contributed by atoms with Gasteiger partial charge < -0.3 is 9.47 Å². The van der Waals surface area contributed by atoms with Gasteiger partial charge in [-0.05, 0) is 43.9 Å². The first-order chi connectivity index (χ1) is 15.0. The zero-order valence-corrected chi connectivity index (χ0v) is 20.3. The second-order valence-electron chi connectivity index (χ2n) is 8.37. The second kappa shape index (κ2) is 18.1. The summed E-state index contributed by atoms with van der Waals surface area (Å²) in [6.07, 6.45) is 15.3. The summed E-state index contributed by atoms with van der Waals surface area (Å²) in [6, 6.07) is 5.40. The summed E-state index contributed by atoms with van der Waals surface area (Å²) >= 11 is 6.05. The van der Waals surface area contributed by atoms with E-state index in [1.54, 1.807) is 12.1 Å². The standard InChI is InChI=1S/C26H41ClO4/c1-3-4-5-6-9-12-15-20-30-25(28)16-13-10-7-8-11-14-17-26(29)31-24-21-22(2)18-19-23(24)27/h18-19,21H,3-17,20H2,1-2H3. The third kappa shape index (κ3) is 15.0. The lowest BCUT2D eigenvalue weighted by molar-refractivity contribution is -0.144. The normalized spacial score (nSPS) is 10.8. The van der Waals surface area contributed by atoms with E-state index in [0.717, 1.165) is 56.9 Å². The summed E-state index contributed by atoms with van der Waals surface area (Å²) < 4.78 is 10.7. The maximum Gasteiger partial charge on any atom is 0.311 e. The topological polar surface area (TPSA) is 52.6 Å². The SMILES string of the molecule is CCCCCCCCCOC(=O)CCCCCCCCC(=O)Oc1cc(C)ccc1Cl. The average molecular weight is 453 g/mol. The molecule has 0 amide bonds. The first-order valence-corrected chi connectivity index (χ1v) is 12.5. The lowest BCUT2D eigenvalue weighted by Gasteiger charge is -2.07. The zero-order chi connectivity index (χ0) is 22.7. The van der Waals surface area contributed by atoms with Crippen LogP contribution in [0.3, 0.4) is 0 Å². The van der Waals surface area contributed by atoms with E-state index in [2.05, 4.69) is 6.92 Å². The predicted octanol–water partition coefficient (Wildman–Crippen LogP) is 7.97. The van der Waals surface area contributed by atoms with Gasteiger partial charge in [-0.1, -0.05) is 88.8 Å². The molecular formula is C26H41ClO4. The molecule has 0 radical (unpaired) electrons. The van der Waals surface area contributed by atoms with Crippen molar-refractivity contribution < 1.29 is 19.1 Å². The van der Waals surface area contributed by atoms with Crippen molar-refractivity contribution in [3.05, 3.63) is 28.8 Å². The summed E-state index contributed by atoms with van der Waals surface area (Å²) in [4.78, 5) is 23.7. The van der Waals surface area contributed by atoms with Gasteiger partial charge in [-0.15, -0.1) is 0 Å². The van der Waals surface area contributed by atoms with Gasteiger partial charge in [-0.2, -0.15) is 0 Å². The summed E-state index contributed by atoms with van der Waals surface area (Å²) in [6.45, 7) is 4.73. The van der Waals surface area contributed by atoms with Crippen LogP contribution in [0.15, 0.2) is 18.2 Å². The molecule has 31 heavy (non-hydrogen) atoms. The van der Waals surface area contributed by atoms with Crippen molar-refractivity contribution in [3.8, 4) is 5.75 Å². The molecule has 1 aromatic carbocycles. The third-order valence-corrected chi connectivity index (χ3v) is 5.65. The number of rotatable bonds is 18. The molecule has 1 rings (SSSR count). The van der Waals surface area contributed by atoms with Gasteiger partial charge in [0.25, 0.3) is 0 Å². The molecule has 0 aliphatic carbocycles. The minimum atomic E-state index is -0.240. The molecule has 1 aromatic rings. The van der Waals surface area contributed by atoms with E-state index in [0.29, 0.717) is 30.2 Å². The van der Waals surface area contributed by atoms with Gasteiger partial charge in [0.05, 0.1) is 11.6 Å². The minimum Gasteiger partial charge on any atom is -0.466 e. The summed E-state index contributed by atoms with van der Waals surface area (Å²) in [5.41, 5.74) is 1.01. The Balaban J connectivity index is 1.91. The Morgan fingerprint density at radius 1 is 0.774 bits per heavy atom. The first kappa shape index (κ1) is 27.5. The summed E-state index contributed by atoms with van der Waals surface area (Å²) in [7, 11) is 0. The van der Waals surface area contributed by atoms with Crippen LogP contribution < -0.4 is 4.74 Å². The smallest absolute Gasteiger partial charge is 0.311 e. The Hall–Kier alpha value is -1.55. The predicted molar refractivity (Wildman–Crippen MR) is 128 cm³/mol. The molecule has 0 saturated heterocycles. The first-order valence-electron chi connectivity index (χ1n) is 12.2. The van der Waals surface area contributed by atoms with Gasteiger partial charge in [-0.3, -0.25) is 9.59 Å². The van der Waals surface area contributed by atoms with Crippen molar-refractivity contribution in [3.63, 3.8) is 0 Å². The monoisotopic (exact) mass is 452 g/mol. The van der Waals surface area contributed by atoms with Crippen molar-refractivity contribution in [1.82, 2.24) is 0 Å². The van der Waals surface area contributed by atoms with E-state index < -0.39 is 0 Å². The van der Waals surface area contributed by atoms with Crippen LogP contribution in [0, 0.1) is 6.92 Å². The average Bonchev–Trinajstić information content (AvgIpc) is 2.74. The fourth-order valence-corrected chi connectivity index (χ4v) is 3.58. The zero-order valence-electron chi connectivity index (χ0n) is 19.6. The van der Waals surface area contributed by atoms with Crippen molar-refractivity contribution in [2.75, 3.05) is 6.61 Å². The number of carbonyl (C=O) groups excluding carboxylic acids is 2. The quantitative estimate of drug-likeness (QED) is 0.129. The Kier molecular flexibility index (Phi) is 16.0. The molecule has 0 aliphatic rings. The van der Waals surface area contributed by atoms with E-state index in [1.165, 1.54) is 32.1 Å². The number of ether oxygens (including phenoxy) is 2. The second-order valence-corrected chi connectivity index (χ2v) is 8.78. The highest BCUT2D eigenvalue weighted by Crippen LogP contribution is 2.25. The molecule has 0 N–H and O–H groups in total. The highest BCUT2D eigenvalue weighted by molar-refractivity contribution is 6.32. The van der Waals surface area contributed by atoms with Gasteiger partial charge in [0.15, 0.2) is 0 Å². The van der Waals surface area contributed by atoms with Crippen LogP contribution in [-0.2, 0) is 14.3 Å². The minimum absolute atomic E-state index is 0.0662. The summed E-state index contributed by atoms with van der Waals surface area (Å²) in [5, 5.41) is 0.458. The van der Waals surface area contributed by atoms with Crippen molar-refractivity contribution in [1.29, 1.82) is 0 Å². The molecule has 0 heterocycles. The van der Waals surface area contributed by atoms with Crippen molar-refractivity contribution in [2.24, 2.45) is 0 Å². The van der Waals surface area contributed by atoms with E-state index in [-0.39, 0.29) is 11.9 Å². The molecule has 0 atom stereocenters. The Morgan fingerprint density at radius 3 is 1.97 bits per heavy atom. The molecule has 0 saturated carbocycles. The number of carbonyl (C=O) groups is 2. The van der Waals surface area contributed by atoms with Crippen LogP contribution in [0.25, 0.3) is 0 Å². The van der Waals surface area contributed by atoms with E-state index in [1.807, 2.05) is 13.0 Å². The Bertz CT molecular complexity index is 630. The van der Waals surface area contributed by atoms with Gasteiger partial charge >= 0.3 is 11.9 Å². The fourth-order valence-electron chi connectivity index (χ4n) is 3.43. The van der Waals surface area contributed by atoms with Gasteiger partial charge in [-0.25, -0.2) is 0 Å². The molecule has 176 valence electrons. The lowest BCUT2D eigenvalue weighted by atomic mass is 10.1. The molecule has 0 bridgehead atoms. The van der Waals surface area contributed by atoms with Gasteiger partial charge in [0.2, 0.25) is 0 Å². The maximum absolute atomic E-state index is 11.9. The molecule has 4 nitrogen and oxygen atoms in total. The number of aryl methyl sites for hydroxylation is 1. The highest BCUT2D eigenvalue weighted by Gasteiger charge is 2.08. The Morgan fingerprint density at radius 2 is 1.32 bits per heavy atom. The molecular weight excluding hydrogens is 412 g/mol. The molecule has 0 aromatic heterocycles. The van der Waals surface area contributed by atoms with Crippen LogP contribution in [-0.4, -0.2) is 18.5 Å². The van der Waals surface area contributed by atoms with Crippen LogP contribution >= 0.6 is 11.6 Å². The van der Waals surface area contributed by atoms with Crippen LogP contribution in [0.5, 0.6) is 5.75 Å². The van der Waals surface area contributed by atoms with Crippen LogP contribution in [0.2, 0.25) is 5.02 Å². The van der Waals surface area contributed by atoms with Crippen molar-refractivity contribution in [2.45, 2.75) is 110 Å². The molecule has 0 fully saturated rings. The third-order valence-electron chi connectivity index (χ3n) is 5.33. The number of halogens is 1. The van der Waals surface area contributed by atoms with Crippen LogP contribution in [0.1, 0.15) is 109 Å². The maximum atomic E-state index is 11.9. The largest absolute Gasteiger partial charge is 0.466 e. The van der Waals surface area contributed by atoms with Gasteiger partial charge in [0.1, 0.15) is 5.75 Å². The van der Waals surface area contributed by atoms with Crippen molar-refractivity contribution >= 4 is 23.5 Å². The highest BCUT2D eigenvalue weighted by atomic mass is 35.5. The molecule has 0 aliphatic heterocycles. The number of esters is 2. The summed E-state index contributed by atoms with van der Waals surface area (Å²) in [5.74, 6) is 0.130. The van der Waals surface area contributed by atoms with Crippen LogP contribution in [0.4, 0.5) is 0 Å². The van der Waals surface area contributed by atoms with E-state index in [4.69, 9.17) is 21.1 Å². The molecule has 0 spiro atoms. The number of hydrogen-bond donors (Lipinski definition) is 0. The van der Waals surface area contributed by atoms with E-state index >= 15 is 0 Å². The van der Waals surface area contributed by atoms with Gasteiger partial charge in [0, 0.05) is 12.8 Å². The number of unbranched alkanes of at least 4 members (excludes halogenated alkanes) is 11.